The normalized spacial score (nSPS) is 14.6. The Hall–Kier alpha value is -3.22. The number of carbonyl (C=O) groups excluding carboxylic acids is 1. The van der Waals surface area contributed by atoms with E-state index in [0.717, 1.165) is 18.4 Å². The van der Waals surface area contributed by atoms with Crippen LogP contribution in [-0.2, 0) is 17.6 Å². The van der Waals surface area contributed by atoms with Crippen LogP contribution in [-0.4, -0.2) is 39.9 Å². The SMILES string of the molecule is O=C(O)c1ccccc1CC1CCN(C(=O)Cc2cccc([N+](=O)[O-])c2)CC1. The Labute approximate surface area is 162 Å². The van der Waals surface area contributed by atoms with Crippen molar-refractivity contribution in [2.24, 2.45) is 5.92 Å². The summed E-state index contributed by atoms with van der Waals surface area (Å²) in [5.41, 5.74) is 1.79. The lowest BCUT2D eigenvalue weighted by Gasteiger charge is -2.32. The second kappa shape index (κ2) is 8.65. The first-order chi connectivity index (χ1) is 13.4. The fourth-order valence-corrected chi connectivity index (χ4v) is 3.67. The molecule has 3 rings (SSSR count). The van der Waals surface area contributed by atoms with Crippen molar-refractivity contribution in [3.63, 3.8) is 0 Å². The van der Waals surface area contributed by atoms with E-state index < -0.39 is 10.9 Å². The van der Waals surface area contributed by atoms with E-state index in [1.54, 1.807) is 29.2 Å². The number of amides is 1. The molecule has 0 saturated carbocycles. The van der Waals surface area contributed by atoms with Gasteiger partial charge in [-0.05, 0) is 42.4 Å². The van der Waals surface area contributed by atoms with Crippen LogP contribution < -0.4 is 0 Å². The molecule has 0 aromatic heterocycles. The van der Waals surface area contributed by atoms with Crippen molar-refractivity contribution < 1.29 is 19.6 Å². The number of piperidine rings is 1. The number of carboxylic acids is 1. The summed E-state index contributed by atoms with van der Waals surface area (Å²) >= 11 is 0. The molecule has 0 spiro atoms. The molecule has 2 aromatic carbocycles. The summed E-state index contributed by atoms with van der Waals surface area (Å²) in [6.45, 7) is 1.24. The van der Waals surface area contributed by atoms with E-state index in [9.17, 15) is 24.8 Å². The maximum atomic E-state index is 12.5. The molecule has 1 heterocycles. The Morgan fingerprint density at radius 1 is 1.11 bits per heavy atom. The highest BCUT2D eigenvalue weighted by Gasteiger charge is 2.24. The highest BCUT2D eigenvalue weighted by molar-refractivity contribution is 5.89. The summed E-state index contributed by atoms with van der Waals surface area (Å²) in [6.07, 6.45) is 2.47. The van der Waals surface area contributed by atoms with Crippen LogP contribution in [0.3, 0.4) is 0 Å². The molecule has 0 radical (unpaired) electrons. The van der Waals surface area contributed by atoms with Crippen molar-refractivity contribution in [3.05, 3.63) is 75.3 Å². The molecule has 1 fully saturated rings. The topological polar surface area (TPSA) is 101 Å². The third kappa shape index (κ3) is 4.73. The van der Waals surface area contributed by atoms with Crippen LogP contribution in [0.15, 0.2) is 48.5 Å². The van der Waals surface area contributed by atoms with E-state index in [4.69, 9.17) is 0 Å². The van der Waals surface area contributed by atoms with Gasteiger partial charge in [0.15, 0.2) is 0 Å². The Kier molecular flexibility index (Phi) is 6.03. The van der Waals surface area contributed by atoms with Crippen molar-refractivity contribution >= 4 is 17.6 Å². The quantitative estimate of drug-likeness (QED) is 0.610. The van der Waals surface area contributed by atoms with E-state index in [1.807, 2.05) is 12.1 Å². The van der Waals surface area contributed by atoms with Crippen LogP contribution in [0, 0.1) is 16.0 Å². The van der Waals surface area contributed by atoms with Gasteiger partial charge in [0.25, 0.3) is 5.69 Å². The minimum Gasteiger partial charge on any atom is -0.478 e. The average Bonchev–Trinajstić information content (AvgIpc) is 2.69. The summed E-state index contributed by atoms with van der Waals surface area (Å²) in [6, 6.07) is 13.2. The Balaban J connectivity index is 1.55. The number of nitrogens with zero attached hydrogens (tertiary/aromatic N) is 2. The number of nitro benzene ring substituents is 1. The molecule has 0 atom stereocenters. The summed E-state index contributed by atoms with van der Waals surface area (Å²) in [7, 11) is 0. The lowest BCUT2D eigenvalue weighted by molar-refractivity contribution is -0.384. The number of rotatable bonds is 6. The summed E-state index contributed by atoms with van der Waals surface area (Å²) < 4.78 is 0. The molecule has 0 bridgehead atoms. The number of carboxylic acid groups (broad SMARTS) is 1. The maximum Gasteiger partial charge on any atom is 0.335 e. The van der Waals surface area contributed by atoms with Crippen molar-refractivity contribution in [1.29, 1.82) is 0 Å². The van der Waals surface area contributed by atoms with Crippen LogP contribution in [0.4, 0.5) is 5.69 Å². The van der Waals surface area contributed by atoms with Gasteiger partial charge in [0.2, 0.25) is 5.91 Å². The standard InChI is InChI=1S/C21H22N2O5/c24-20(14-16-4-3-6-18(13-16)23(27)28)22-10-8-15(9-11-22)12-17-5-1-2-7-19(17)21(25)26/h1-7,13,15H,8-12,14H2,(H,25,26). The van der Waals surface area contributed by atoms with Gasteiger partial charge in [0, 0.05) is 25.2 Å². The molecule has 2 aromatic rings. The van der Waals surface area contributed by atoms with E-state index in [-0.39, 0.29) is 18.0 Å². The molecule has 1 aliphatic rings. The van der Waals surface area contributed by atoms with Gasteiger partial charge in [0.1, 0.15) is 0 Å². The molecule has 1 N–H and O–H groups in total. The number of benzene rings is 2. The van der Waals surface area contributed by atoms with Crippen molar-refractivity contribution in [3.8, 4) is 0 Å². The highest BCUT2D eigenvalue weighted by Crippen LogP contribution is 2.24. The van der Waals surface area contributed by atoms with Gasteiger partial charge < -0.3 is 10.0 Å². The maximum absolute atomic E-state index is 12.5. The molecular formula is C21H22N2O5. The first-order valence-electron chi connectivity index (χ1n) is 9.26. The van der Waals surface area contributed by atoms with Gasteiger partial charge in [-0.25, -0.2) is 4.79 Å². The number of nitro groups is 1. The van der Waals surface area contributed by atoms with Crippen LogP contribution in [0.1, 0.15) is 34.3 Å². The van der Waals surface area contributed by atoms with Crippen LogP contribution in [0.25, 0.3) is 0 Å². The molecule has 7 nitrogen and oxygen atoms in total. The predicted molar refractivity (Wildman–Crippen MR) is 103 cm³/mol. The van der Waals surface area contributed by atoms with E-state index in [2.05, 4.69) is 0 Å². The molecule has 1 amide bonds. The number of hydrogen-bond acceptors (Lipinski definition) is 4. The molecule has 0 aliphatic carbocycles. The number of carbonyl (C=O) groups is 2. The van der Waals surface area contributed by atoms with Gasteiger partial charge >= 0.3 is 5.97 Å². The second-order valence-corrected chi connectivity index (χ2v) is 7.09. The second-order valence-electron chi connectivity index (χ2n) is 7.09. The van der Waals surface area contributed by atoms with Gasteiger partial charge in [-0.1, -0.05) is 30.3 Å². The monoisotopic (exact) mass is 382 g/mol. The fraction of sp³-hybridized carbons (Fsp3) is 0.333. The van der Waals surface area contributed by atoms with Gasteiger partial charge in [-0.15, -0.1) is 0 Å². The predicted octanol–water partition coefficient (Wildman–Crippen LogP) is 3.32. The Morgan fingerprint density at radius 3 is 2.50 bits per heavy atom. The molecule has 28 heavy (non-hydrogen) atoms. The first-order valence-corrected chi connectivity index (χ1v) is 9.26. The molecule has 7 heteroatoms. The van der Waals surface area contributed by atoms with Gasteiger partial charge in [-0.3, -0.25) is 14.9 Å². The lowest BCUT2D eigenvalue weighted by Crippen LogP contribution is -2.39. The minimum absolute atomic E-state index is 0.0129. The Bertz CT molecular complexity index is 888. The largest absolute Gasteiger partial charge is 0.478 e. The summed E-state index contributed by atoms with van der Waals surface area (Å²) in [5, 5.41) is 20.2. The average molecular weight is 382 g/mol. The fourth-order valence-electron chi connectivity index (χ4n) is 3.67. The zero-order valence-electron chi connectivity index (χ0n) is 15.4. The number of aromatic carboxylic acids is 1. The number of likely N-dealkylation sites (tertiary alicyclic amines) is 1. The molecular weight excluding hydrogens is 360 g/mol. The van der Waals surface area contributed by atoms with E-state index >= 15 is 0 Å². The number of non-ortho nitro benzene ring substituents is 1. The van der Waals surface area contributed by atoms with Gasteiger partial charge in [0.05, 0.1) is 16.9 Å². The van der Waals surface area contributed by atoms with Crippen molar-refractivity contribution in [1.82, 2.24) is 4.90 Å². The third-order valence-electron chi connectivity index (χ3n) is 5.20. The van der Waals surface area contributed by atoms with Crippen LogP contribution in [0.5, 0.6) is 0 Å². The Morgan fingerprint density at radius 2 is 1.82 bits per heavy atom. The van der Waals surface area contributed by atoms with E-state index in [1.165, 1.54) is 12.1 Å². The van der Waals surface area contributed by atoms with Crippen molar-refractivity contribution in [2.75, 3.05) is 13.1 Å². The van der Waals surface area contributed by atoms with E-state index in [0.29, 0.717) is 36.6 Å². The zero-order valence-corrected chi connectivity index (χ0v) is 15.4. The molecule has 146 valence electrons. The smallest absolute Gasteiger partial charge is 0.335 e. The summed E-state index contributed by atoms with van der Waals surface area (Å²) in [5.74, 6) is -0.618. The highest BCUT2D eigenvalue weighted by atomic mass is 16.6. The number of hydrogen-bond donors (Lipinski definition) is 1. The summed E-state index contributed by atoms with van der Waals surface area (Å²) in [4.78, 5) is 36.1. The first kappa shape index (κ1) is 19.5. The zero-order chi connectivity index (χ0) is 20.1. The van der Waals surface area contributed by atoms with Gasteiger partial charge in [-0.2, -0.15) is 0 Å². The van der Waals surface area contributed by atoms with Crippen LogP contribution in [0.2, 0.25) is 0 Å². The molecule has 1 saturated heterocycles. The van der Waals surface area contributed by atoms with Crippen molar-refractivity contribution in [2.45, 2.75) is 25.7 Å². The molecule has 1 aliphatic heterocycles. The molecule has 0 unspecified atom stereocenters. The minimum atomic E-state index is -0.917. The van der Waals surface area contributed by atoms with Crippen LogP contribution >= 0.6 is 0 Å². The lowest BCUT2D eigenvalue weighted by atomic mass is 9.88. The third-order valence-corrected chi connectivity index (χ3v) is 5.20.